The highest BCUT2D eigenvalue weighted by molar-refractivity contribution is 7.17. The van der Waals surface area contributed by atoms with E-state index in [4.69, 9.17) is 4.74 Å². The van der Waals surface area contributed by atoms with Crippen LogP contribution < -0.4 is 15.5 Å². The number of thiophene rings is 1. The quantitative estimate of drug-likeness (QED) is 0.652. The van der Waals surface area contributed by atoms with Gasteiger partial charge >= 0.3 is 0 Å². The largest absolute Gasteiger partial charge is 0.378 e. The fourth-order valence-corrected chi connectivity index (χ4v) is 4.05. The van der Waals surface area contributed by atoms with E-state index < -0.39 is 0 Å². The minimum Gasteiger partial charge on any atom is -0.378 e. The SMILES string of the molecule is CC(=O)Nc1ccc(NC(=O)c2ccc(-c3ccc(N4CCOCC4)nc3)s2)cc1. The number of benzene rings is 1. The molecule has 30 heavy (non-hydrogen) atoms. The van der Waals surface area contributed by atoms with E-state index in [9.17, 15) is 9.59 Å². The number of ether oxygens (including phenoxy) is 1. The molecule has 2 N–H and O–H groups in total. The molecule has 1 aliphatic rings. The number of aromatic nitrogens is 1. The molecule has 2 amide bonds. The van der Waals surface area contributed by atoms with Crippen molar-refractivity contribution in [3.8, 4) is 10.4 Å². The van der Waals surface area contributed by atoms with E-state index in [-0.39, 0.29) is 11.8 Å². The normalized spacial score (nSPS) is 13.7. The monoisotopic (exact) mass is 422 g/mol. The molecule has 0 atom stereocenters. The van der Waals surface area contributed by atoms with Crippen molar-refractivity contribution in [2.75, 3.05) is 41.8 Å². The number of hydrogen-bond acceptors (Lipinski definition) is 6. The first kappa shape index (κ1) is 20.1. The van der Waals surface area contributed by atoms with Gasteiger partial charge in [-0.2, -0.15) is 0 Å². The average Bonchev–Trinajstić information content (AvgIpc) is 3.26. The van der Waals surface area contributed by atoms with Crippen LogP contribution in [0, 0.1) is 0 Å². The zero-order valence-corrected chi connectivity index (χ0v) is 17.4. The van der Waals surface area contributed by atoms with Gasteiger partial charge in [-0.15, -0.1) is 11.3 Å². The molecular formula is C22H22N4O3S. The van der Waals surface area contributed by atoms with Crippen LogP contribution >= 0.6 is 11.3 Å². The van der Waals surface area contributed by atoms with Crippen molar-refractivity contribution in [1.29, 1.82) is 0 Å². The fraction of sp³-hybridized carbons (Fsp3) is 0.227. The zero-order chi connectivity index (χ0) is 20.9. The van der Waals surface area contributed by atoms with Crippen LogP contribution in [0.1, 0.15) is 16.6 Å². The smallest absolute Gasteiger partial charge is 0.265 e. The number of nitrogens with one attached hydrogen (secondary N) is 2. The third-order valence-electron chi connectivity index (χ3n) is 4.66. The number of carbonyl (C=O) groups excluding carboxylic acids is 2. The Morgan fingerprint density at radius 2 is 1.67 bits per heavy atom. The second kappa shape index (κ2) is 9.06. The van der Waals surface area contributed by atoms with E-state index in [1.165, 1.54) is 18.3 Å². The predicted molar refractivity (Wildman–Crippen MR) is 119 cm³/mol. The number of pyridine rings is 1. The first-order valence-electron chi connectivity index (χ1n) is 9.66. The van der Waals surface area contributed by atoms with Crippen LogP contribution in [0.3, 0.4) is 0 Å². The molecule has 7 nitrogen and oxygen atoms in total. The van der Waals surface area contributed by atoms with Crippen LogP contribution in [-0.2, 0) is 9.53 Å². The summed E-state index contributed by atoms with van der Waals surface area (Å²) in [5, 5.41) is 5.58. The molecule has 1 fully saturated rings. The molecule has 3 heterocycles. The van der Waals surface area contributed by atoms with Crippen molar-refractivity contribution >= 4 is 40.3 Å². The van der Waals surface area contributed by atoms with Crippen LogP contribution in [0.25, 0.3) is 10.4 Å². The Morgan fingerprint density at radius 1 is 0.967 bits per heavy atom. The van der Waals surface area contributed by atoms with Crippen molar-refractivity contribution in [2.24, 2.45) is 0 Å². The van der Waals surface area contributed by atoms with Gasteiger partial charge in [-0.3, -0.25) is 9.59 Å². The van der Waals surface area contributed by atoms with Gasteiger partial charge in [0.2, 0.25) is 5.91 Å². The van der Waals surface area contributed by atoms with E-state index in [0.717, 1.165) is 42.6 Å². The molecule has 0 radical (unpaired) electrons. The molecule has 0 saturated carbocycles. The molecular weight excluding hydrogens is 400 g/mol. The van der Waals surface area contributed by atoms with Crippen LogP contribution in [0.5, 0.6) is 0 Å². The summed E-state index contributed by atoms with van der Waals surface area (Å²) in [4.78, 5) is 32.1. The highest BCUT2D eigenvalue weighted by Crippen LogP contribution is 2.29. The van der Waals surface area contributed by atoms with Crippen LogP contribution in [-0.4, -0.2) is 43.1 Å². The number of hydrogen-bond donors (Lipinski definition) is 2. The lowest BCUT2D eigenvalue weighted by Gasteiger charge is -2.27. The molecule has 2 aromatic heterocycles. The zero-order valence-electron chi connectivity index (χ0n) is 16.6. The maximum absolute atomic E-state index is 12.6. The van der Waals surface area contributed by atoms with Crippen molar-refractivity contribution in [2.45, 2.75) is 6.92 Å². The molecule has 154 valence electrons. The van der Waals surface area contributed by atoms with Gasteiger partial charge < -0.3 is 20.3 Å². The summed E-state index contributed by atoms with van der Waals surface area (Å²) in [7, 11) is 0. The summed E-state index contributed by atoms with van der Waals surface area (Å²) in [6.45, 7) is 4.60. The van der Waals surface area contributed by atoms with Gasteiger partial charge in [0.25, 0.3) is 5.91 Å². The minimum absolute atomic E-state index is 0.134. The summed E-state index contributed by atoms with van der Waals surface area (Å²) < 4.78 is 5.38. The van der Waals surface area contributed by atoms with Crippen molar-refractivity contribution in [3.63, 3.8) is 0 Å². The summed E-state index contributed by atoms with van der Waals surface area (Å²) >= 11 is 1.42. The van der Waals surface area contributed by atoms with Crippen LogP contribution in [0.2, 0.25) is 0 Å². The lowest BCUT2D eigenvalue weighted by molar-refractivity contribution is -0.114. The first-order chi connectivity index (χ1) is 14.6. The van der Waals surface area contributed by atoms with E-state index in [1.54, 1.807) is 24.3 Å². The lowest BCUT2D eigenvalue weighted by atomic mass is 10.2. The Balaban J connectivity index is 1.40. The van der Waals surface area contributed by atoms with Gasteiger partial charge in [-0.05, 0) is 48.5 Å². The molecule has 4 rings (SSSR count). The second-order valence-electron chi connectivity index (χ2n) is 6.88. The predicted octanol–water partition coefficient (Wildman–Crippen LogP) is 3.86. The van der Waals surface area contributed by atoms with E-state index in [2.05, 4.69) is 20.5 Å². The van der Waals surface area contributed by atoms with Crippen molar-refractivity contribution in [1.82, 2.24) is 4.98 Å². The third kappa shape index (κ3) is 4.84. The third-order valence-corrected chi connectivity index (χ3v) is 5.79. The summed E-state index contributed by atoms with van der Waals surface area (Å²) in [6, 6.07) is 14.8. The molecule has 0 aliphatic carbocycles. The maximum Gasteiger partial charge on any atom is 0.265 e. The summed E-state index contributed by atoms with van der Waals surface area (Å²) in [5.74, 6) is 0.640. The molecule has 0 bridgehead atoms. The Hall–Kier alpha value is -3.23. The van der Waals surface area contributed by atoms with Crippen molar-refractivity contribution < 1.29 is 14.3 Å². The standard InChI is InChI=1S/C22H22N4O3S/c1-15(27)24-17-3-5-18(6-4-17)25-22(28)20-8-7-19(30-20)16-2-9-21(23-14-16)26-10-12-29-13-11-26/h2-9,14H,10-13H2,1H3,(H,24,27)(H,25,28). The Labute approximate surface area is 178 Å². The van der Waals surface area contributed by atoms with Crippen LogP contribution in [0.15, 0.2) is 54.7 Å². The molecule has 0 unspecified atom stereocenters. The van der Waals surface area contributed by atoms with E-state index >= 15 is 0 Å². The molecule has 8 heteroatoms. The van der Waals surface area contributed by atoms with Gasteiger partial charge in [-0.25, -0.2) is 4.98 Å². The van der Waals surface area contributed by atoms with Gasteiger partial charge in [-0.1, -0.05) is 0 Å². The highest BCUT2D eigenvalue weighted by atomic mass is 32.1. The fourth-order valence-electron chi connectivity index (χ4n) is 3.16. The highest BCUT2D eigenvalue weighted by Gasteiger charge is 2.14. The van der Waals surface area contributed by atoms with Crippen LogP contribution in [0.4, 0.5) is 17.2 Å². The summed E-state index contributed by atoms with van der Waals surface area (Å²) in [6.07, 6.45) is 1.85. The van der Waals surface area contributed by atoms with E-state index in [0.29, 0.717) is 16.3 Å². The summed E-state index contributed by atoms with van der Waals surface area (Å²) in [5.41, 5.74) is 2.34. The number of morpholine rings is 1. The number of carbonyl (C=O) groups is 2. The Morgan fingerprint density at radius 3 is 2.30 bits per heavy atom. The minimum atomic E-state index is -0.170. The van der Waals surface area contributed by atoms with Gasteiger partial charge in [0.1, 0.15) is 5.82 Å². The molecule has 1 aliphatic heterocycles. The topological polar surface area (TPSA) is 83.6 Å². The van der Waals surface area contributed by atoms with Gasteiger partial charge in [0.05, 0.1) is 18.1 Å². The number of amides is 2. The first-order valence-corrected chi connectivity index (χ1v) is 10.5. The molecule has 3 aromatic rings. The van der Waals surface area contributed by atoms with Gasteiger partial charge in [0.15, 0.2) is 0 Å². The second-order valence-corrected chi connectivity index (χ2v) is 7.96. The Kier molecular flexibility index (Phi) is 6.06. The number of anilines is 3. The molecule has 0 spiro atoms. The number of nitrogens with zero attached hydrogens (tertiary/aromatic N) is 2. The van der Waals surface area contributed by atoms with E-state index in [1.807, 2.05) is 30.5 Å². The Bertz CT molecular complexity index is 1030. The van der Waals surface area contributed by atoms with Crippen molar-refractivity contribution in [3.05, 3.63) is 59.6 Å². The molecule has 1 saturated heterocycles. The van der Waals surface area contributed by atoms with Gasteiger partial charge in [0, 0.05) is 48.0 Å². The number of rotatable bonds is 5. The molecule has 1 aromatic carbocycles. The lowest BCUT2D eigenvalue weighted by Crippen LogP contribution is -2.36. The average molecular weight is 423 g/mol. The maximum atomic E-state index is 12.6.